The molecule has 0 heterocycles. The van der Waals surface area contributed by atoms with Crippen molar-refractivity contribution < 1.29 is 14.6 Å². The first-order chi connectivity index (χ1) is 8.06. The molecule has 0 saturated heterocycles. The lowest BCUT2D eigenvalue weighted by molar-refractivity contribution is 0.0951. The van der Waals surface area contributed by atoms with Crippen LogP contribution in [-0.4, -0.2) is 29.7 Å². The van der Waals surface area contributed by atoms with Gasteiger partial charge >= 0.3 is 0 Å². The highest BCUT2D eigenvalue weighted by atomic mass is 32.1. The third kappa shape index (κ3) is 3.60. The summed E-state index contributed by atoms with van der Waals surface area (Å²) in [7, 11) is 1.42. The number of phenols is 1. The van der Waals surface area contributed by atoms with E-state index in [-0.39, 0.29) is 17.1 Å². The van der Waals surface area contributed by atoms with Crippen LogP contribution in [0.25, 0.3) is 0 Å². The van der Waals surface area contributed by atoms with Crippen molar-refractivity contribution in [3.8, 4) is 11.5 Å². The molecule has 0 atom stereocenters. The van der Waals surface area contributed by atoms with Crippen molar-refractivity contribution in [2.45, 2.75) is 6.42 Å². The summed E-state index contributed by atoms with van der Waals surface area (Å²) in [5.74, 6) is -0.313. The van der Waals surface area contributed by atoms with Crippen LogP contribution in [0.15, 0.2) is 18.2 Å². The smallest absolute Gasteiger partial charge is 0.255 e. The molecule has 0 radical (unpaired) electrons. The number of rotatable bonds is 5. The number of para-hydroxylation sites is 1. The van der Waals surface area contributed by atoms with Crippen LogP contribution in [0, 0.1) is 0 Å². The van der Waals surface area contributed by atoms with Gasteiger partial charge in [-0.25, -0.2) is 0 Å². The summed E-state index contributed by atoms with van der Waals surface area (Å²) in [6.07, 6.45) is 0.422. The fraction of sp³-hybridized carbons (Fsp3) is 0.273. The van der Waals surface area contributed by atoms with Crippen LogP contribution < -0.4 is 15.8 Å². The second-order valence-electron chi connectivity index (χ2n) is 3.33. The Morgan fingerprint density at radius 2 is 2.29 bits per heavy atom. The number of amides is 1. The van der Waals surface area contributed by atoms with Crippen LogP contribution in [0.3, 0.4) is 0 Å². The molecule has 1 aromatic carbocycles. The lowest BCUT2D eigenvalue weighted by Gasteiger charge is -2.09. The molecule has 6 heteroatoms. The van der Waals surface area contributed by atoms with Crippen LogP contribution in [0.2, 0.25) is 0 Å². The van der Waals surface area contributed by atoms with E-state index in [0.29, 0.717) is 18.0 Å². The lowest BCUT2D eigenvalue weighted by Crippen LogP contribution is -2.27. The van der Waals surface area contributed by atoms with Crippen molar-refractivity contribution in [3.05, 3.63) is 23.8 Å². The Morgan fingerprint density at radius 3 is 2.88 bits per heavy atom. The van der Waals surface area contributed by atoms with E-state index in [0.717, 1.165) is 0 Å². The Bertz CT molecular complexity index is 435. The van der Waals surface area contributed by atoms with Crippen molar-refractivity contribution in [1.82, 2.24) is 5.32 Å². The number of carbonyl (C=O) groups excluding carboxylic acids is 1. The number of aromatic hydroxyl groups is 1. The zero-order valence-electron chi connectivity index (χ0n) is 9.40. The van der Waals surface area contributed by atoms with Gasteiger partial charge in [-0.1, -0.05) is 18.3 Å². The Hall–Kier alpha value is -1.82. The molecule has 4 N–H and O–H groups in total. The largest absolute Gasteiger partial charge is 0.504 e. The first-order valence-corrected chi connectivity index (χ1v) is 5.39. The maximum Gasteiger partial charge on any atom is 0.255 e. The van der Waals surface area contributed by atoms with Gasteiger partial charge in [-0.05, 0) is 12.1 Å². The second-order valence-corrected chi connectivity index (χ2v) is 3.85. The van der Waals surface area contributed by atoms with Gasteiger partial charge in [0.05, 0.1) is 17.7 Å². The predicted molar refractivity (Wildman–Crippen MR) is 68.4 cm³/mol. The Kier molecular flexibility index (Phi) is 4.71. The van der Waals surface area contributed by atoms with Crippen LogP contribution in [0.1, 0.15) is 16.8 Å². The molecule has 0 bridgehead atoms. The zero-order chi connectivity index (χ0) is 12.8. The van der Waals surface area contributed by atoms with E-state index in [1.165, 1.54) is 13.2 Å². The highest BCUT2D eigenvalue weighted by Gasteiger charge is 2.13. The number of methoxy groups -OCH3 is 1. The molecule has 0 aromatic heterocycles. The average molecular weight is 254 g/mol. The molecule has 0 aliphatic carbocycles. The van der Waals surface area contributed by atoms with Crippen molar-refractivity contribution in [1.29, 1.82) is 0 Å². The average Bonchev–Trinajstić information content (AvgIpc) is 2.28. The minimum Gasteiger partial charge on any atom is -0.504 e. The second kappa shape index (κ2) is 6.05. The molecule has 0 unspecified atom stereocenters. The zero-order valence-corrected chi connectivity index (χ0v) is 10.2. The maximum atomic E-state index is 11.7. The van der Waals surface area contributed by atoms with Gasteiger partial charge in [0.2, 0.25) is 0 Å². The molecule has 0 spiro atoms. The number of benzene rings is 1. The van der Waals surface area contributed by atoms with Gasteiger partial charge in [-0.2, -0.15) is 0 Å². The van der Waals surface area contributed by atoms with Crippen LogP contribution in [0.4, 0.5) is 0 Å². The summed E-state index contributed by atoms with van der Waals surface area (Å²) < 4.78 is 4.91. The topological polar surface area (TPSA) is 84.6 Å². The number of nitrogens with two attached hydrogens (primary N) is 1. The SMILES string of the molecule is COc1cccc(C(=O)NCCC(N)=S)c1O. The number of nitrogens with one attached hydrogen (secondary N) is 1. The minimum absolute atomic E-state index is 0.160. The number of hydrogen-bond acceptors (Lipinski definition) is 4. The van der Waals surface area contributed by atoms with E-state index < -0.39 is 5.91 Å². The van der Waals surface area contributed by atoms with Crippen molar-refractivity contribution in [3.63, 3.8) is 0 Å². The van der Waals surface area contributed by atoms with Gasteiger partial charge in [0.1, 0.15) is 0 Å². The molecule has 5 nitrogen and oxygen atoms in total. The van der Waals surface area contributed by atoms with Gasteiger partial charge in [-0.15, -0.1) is 0 Å². The first kappa shape index (κ1) is 13.2. The summed E-state index contributed by atoms with van der Waals surface area (Å²) in [6.45, 7) is 0.338. The summed E-state index contributed by atoms with van der Waals surface area (Å²) in [6, 6.07) is 4.70. The van der Waals surface area contributed by atoms with Gasteiger partial charge in [0.15, 0.2) is 11.5 Å². The van der Waals surface area contributed by atoms with Crippen LogP contribution >= 0.6 is 12.2 Å². The van der Waals surface area contributed by atoms with E-state index in [1.807, 2.05) is 0 Å². The molecular weight excluding hydrogens is 240 g/mol. The van der Waals surface area contributed by atoms with Crippen LogP contribution in [0.5, 0.6) is 11.5 Å². The monoisotopic (exact) mass is 254 g/mol. The van der Waals surface area contributed by atoms with E-state index >= 15 is 0 Å². The van der Waals surface area contributed by atoms with Gasteiger partial charge in [0.25, 0.3) is 5.91 Å². The van der Waals surface area contributed by atoms with Crippen molar-refractivity contribution >= 4 is 23.1 Å². The lowest BCUT2D eigenvalue weighted by atomic mass is 10.1. The number of thiocarbonyl (C=S) groups is 1. The molecule has 1 amide bonds. The number of ether oxygens (including phenoxy) is 1. The van der Waals surface area contributed by atoms with E-state index in [2.05, 4.69) is 17.5 Å². The standard InChI is InChI=1S/C11H14N2O3S/c1-16-8-4-2-3-7(10(8)14)11(15)13-6-5-9(12)17/h2-4,14H,5-6H2,1H3,(H2,12,17)(H,13,15). The fourth-order valence-electron chi connectivity index (χ4n) is 1.26. The summed E-state index contributed by atoms with van der Waals surface area (Å²) in [5, 5.41) is 12.3. The molecule has 0 saturated carbocycles. The molecule has 17 heavy (non-hydrogen) atoms. The van der Waals surface area contributed by atoms with E-state index in [1.54, 1.807) is 12.1 Å². The highest BCUT2D eigenvalue weighted by molar-refractivity contribution is 7.80. The van der Waals surface area contributed by atoms with Gasteiger partial charge in [0, 0.05) is 13.0 Å². The summed E-state index contributed by atoms with van der Waals surface area (Å²) >= 11 is 4.69. The summed E-state index contributed by atoms with van der Waals surface area (Å²) in [4.78, 5) is 12.0. The fourth-order valence-corrected chi connectivity index (χ4v) is 1.37. The quantitative estimate of drug-likeness (QED) is 0.677. The van der Waals surface area contributed by atoms with Gasteiger partial charge < -0.3 is 20.9 Å². The van der Waals surface area contributed by atoms with Crippen molar-refractivity contribution in [2.75, 3.05) is 13.7 Å². The maximum absolute atomic E-state index is 11.7. The minimum atomic E-state index is -0.391. The summed E-state index contributed by atoms with van der Waals surface area (Å²) in [5.41, 5.74) is 5.46. The molecule has 0 aliphatic heterocycles. The third-order valence-corrected chi connectivity index (χ3v) is 2.32. The van der Waals surface area contributed by atoms with Crippen molar-refractivity contribution in [2.24, 2.45) is 5.73 Å². The van der Waals surface area contributed by atoms with E-state index in [9.17, 15) is 9.90 Å². The first-order valence-electron chi connectivity index (χ1n) is 4.98. The van der Waals surface area contributed by atoms with Gasteiger partial charge in [-0.3, -0.25) is 4.79 Å². The molecule has 0 aliphatic rings. The normalized spacial score (nSPS) is 9.71. The molecule has 1 rings (SSSR count). The third-order valence-electron chi connectivity index (χ3n) is 2.12. The van der Waals surface area contributed by atoms with Crippen LogP contribution in [-0.2, 0) is 0 Å². The molecule has 1 aromatic rings. The Labute approximate surface area is 105 Å². The highest BCUT2D eigenvalue weighted by Crippen LogP contribution is 2.28. The molecular formula is C11H14N2O3S. The number of phenolic OH excluding ortho intramolecular Hbond substituents is 1. The Balaban J connectivity index is 2.72. The predicted octanol–water partition coefficient (Wildman–Crippen LogP) is 0.807. The number of hydrogen-bond donors (Lipinski definition) is 3. The molecule has 0 fully saturated rings. The Morgan fingerprint density at radius 1 is 1.59 bits per heavy atom. The number of carbonyl (C=O) groups is 1. The molecule has 92 valence electrons. The van der Waals surface area contributed by atoms with E-state index in [4.69, 9.17) is 10.5 Å².